The highest BCUT2D eigenvalue weighted by Crippen LogP contribution is 2.43. The lowest BCUT2D eigenvalue weighted by Crippen LogP contribution is -2.29. The standard InChI is InChI=1S/C57H90NO8P/c1-3-5-7-9-11-12-13-14-15-16-17-18-19-20-21-22-23-24-25-26-27-28-29-30-31-32-33-34-35-36-37-38-39-40-41-42-44-46-48-50-57(60)66-55(54-65-67(61,62)64-52-51-58)53-63-56(59)49-47-45-43-10-8-6-4-2/h5,7,11-12,14-15,17-18,20-21,23-24,26-27,29-30,32-33,35-36,38-39,41-42,55H,3-4,6,8-10,13,16,19,22,25,28,31,34,37,40,43-54,58H2,1-2H3,(H,61,62)/b7-5-,12-11-,15-14-,18-17-,21-20-,24-23-,27-26-,30-29-,33-32-,36-35-,39-38-,42-41-. The van der Waals surface area contributed by atoms with Crippen LogP contribution in [0.25, 0.3) is 0 Å². The van der Waals surface area contributed by atoms with Gasteiger partial charge in [0, 0.05) is 19.4 Å². The van der Waals surface area contributed by atoms with E-state index in [4.69, 9.17) is 24.3 Å². The molecule has 0 fully saturated rings. The van der Waals surface area contributed by atoms with Gasteiger partial charge in [-0.2, -0.15) is 0 Å². The van der Waals surface area contributed by atoms with E-state index in [2.05, 4.69) is 160 Å². The first-order valence-electron chi connectivity index (χ1n) is 25.3. The number of hydrogen-bond acceptors (Lipinski definition) is 8. The van der Waals surface area contributed by atoms with Crippen LogP contribution in [0.3, 0.4) is 0 Å². The predicted octanol–water partition coefficient (Wildman–Crippen LogP) is 15.6. The molecule has 0 radical (unpaired) electrons. The van der Waals surface area contributed by atoms with E-state index in [1.165, 1.54) is 19.3 Å². The first-order chi connectivity index (χ1) is 32.8. The molecule has 10 heteroatoms. The van der Waals surface area contributed by atoms with Crippen LogP contribution in [0.15, 0.2) is 146 Å². The molecule has 0 rings (SSSR count). The van der Waals surface area contributed by atoms with Gasteiger partial charge in [0.15, 0.2) is 6.10 Å². The number of phosphoric acid groups is 1. The summed E-state index contributed by atoms with van der Waals surface area (Å²) in [5, 5.41) is 0. The van der Waals surface area contributed by atoms with E-state index < -0.39 is 32.5 Å². The quantitative estimate of drug-likeness (QED) is 0.0265. The van der Waals surface area contributed by atoms with Gasteiger partial charge >= 0.3 is 19.8 Å². The predicted molar refractivity (Wildman–Crippen MR) is 283 cm³/mol. The Bertz CT molecular complexity index is 1600. The Morgan fingerprint density at radius 3 is 1.22 bits per heavy atom. The molecule has 0 amide bonds. The van der Waals surface area contributed by atoms with E-state index in [0.717, 1.165) is 116 Å². The number of unbranched alkanes of at least 4 members (excludes halogenated alkanes) is 8. The molecule has 0 aliphatic heterocycles. The van der Waals surface area contributed by atoms with Gasteiger partial charge in [0.1, 0.15) is 6.61 Å². The first kappa shape index (κ1) is 62.9. The van der Waals surface area contributed by atoms with Gasteiger partial charge in [-0.1, -0.05) is 198 Å². The number of ether oxygens (including phenoxy) is 2. The lowest BCUT2D eigenvalue weighted by atomic mass is 10.1. The van der Waals surface area contributed by atoms with Crippen molar-refractivity contribution in [1.29, 1.82) is 0 Å². The Balaban J connectivity index is 4.06. The van der Waals surface area contributed by atoms with Crippen LogP contribution in [0.4, 0.5) is 0 Å². The Morgan fingerprint density at radius 1 is 0.463 bits per heavy atom. The van der Waals surface area contributed by atoms with Crippen LogP contribution >= 0.6 is 7.82 Å². The van der Waals surface area contributed by atoms with Crippen molar-refractivity contribution < 1.29 is 37.6 Å². The molecule has 0 saturated heterocycles. The van der Waals surface area contributed by atoms with Gasteiger partial charge in [0.05, 0.1) is 13.2 Å². The molecule has 0 aromatic carbocycles. The average Bonchev–Trinajstić information content (AvgIpc) is 3.32. The lowest BCUT2D eigenvalue weighted by Gasteiger charge is -2.19. The second-order valence-corrected chi connectivity index (χ2v) is 17.4. The van der Waals surface area contributed by atoms with Crippen LogP contribution < -0.4 is 5.73 Å². The molecule has 0 aliphatic carbocycles. The second-order valence-electron chi connectivity index (χ2n) is 16.0. The SMILES string of the molecule is CC/C=C\C/C=C\C/C=C\C/C=C\C/C=C\C/C=C\C/C=C\C/C=C\C/C=C\C/C=C\C/C=C\C/C=C\CCCCC(=O)OC(COC(=O)CCCCCCCCC)COP(=O)(O)OCCN. The maximum absolute atomic E-state index is 12.6. The summed E-state index contributed by atoms with van der Waals surface area (Å²) < 4.78 is 32.6. The smallest absolute Gasteiger partial charge is 0.462 e. The average molecular weight is 948 g/mol. The summed E-state index contributed by atoms with van der Waals surface area (Å²) in [6.45, 7) is 3.48. The molecular weight excluding hydrogens is 858 g/mol. The summed E-state index contributed by atoms with van der Waals surface area (Å²) in [6.07, 6.45) is 73.7. The Morgan fingerprint density at radius 2 is 0.821 bits per heavy atom. The molecule has 0 spiro atoms. The monoisotopic (exact) mass is 948 g/mol. The minimum atomic E-state index is -4.39. The number of nitrogens with two attached hydrogens (primary N) is 1. The fourth-order valence-electron chi connectivity index (χ4n) is 6.03. The van der Waals surface area contributed by atoms with E-state index in [0.29, 0.717) is 6.42 Å². The van der Waals surface area contributed by atoms with Gasteiger partial charge in [-0.25, -0.2) is 4.57 Å². The van der Waals surface area contributed by atoms with E-state index in [9.17, 15) is 19.0 Å². The van der Waals surface area contributed by atoms with Gasteiger partial charge in [-0.15, -0.1) is 0 Å². The highest BCUT2D eigenvalue weighted by molar-refractivity contribution is 7.47. The third kappa shape index (κ3) is 51.1. The van der Waals surface area contributed by atoms with E-state index in [-0.39, 0.29) is 32.6 Å². The molecule has 0 aliphatic rings. The zero-order chi connectivity index (χ0) is 48.8. The van der Waals surface area contributed by atoms with E-state index in [1.54, 1.807) is 0 Å². The molecule has 67 heavy (non-hydrogen) atoms. The minimum absolute atomic E-state index is 0.0391. The summed E-state index contributed by atoms with van der Waals surface area (Å²) in [4.78, 5) is 34.7. The summed E-state index contributed by atoms with van der Waals surface area (Å²) in [5.41, 5.74) is 5.33. The highest BCUT2D eigenvalue weighted by Gasteiger charge is 2.26. The summed E-state index contributed by atoms with van der Waals surface area (Å²) >= 11 is 0. The summed E-state index contributed by atoms with van der Waals surface area (Å²) in [6, 6.07) is 0. The third-order valence-electron chi connectivity index (χ3n) is 9.74. The maximum Gasteiger partial charge on any atom is 0.472 e. The largest absolute Gasteiger partial charge is 0.472 e. The lowest BCUT2D eigenvalue weighted by molar-refractivity contribution is -0.161. The third-order valence-corrected chi connectivity index (χ3v) is 10.7. The number of esters is 2. The molecule has 2 atom stereocenters. The Hall–Kier alpha value is -4.11. The molecule has 9 nitrogen and oxygen atoms in total. The van der Waals surface area contributed by atoms with Crippen molar-refractivity contribution in [2.75, 3.05) is 26.4 Å². The van der Waals surface area contributed by atoms with Crippen molar-refractivity contribution >= 4 is 19.8 Å². The van der Waals surface area contributed by atoms with Gasteiger partial charge < -0.3 is 20.1 Å². The number of carbonyl (C=O) groups is 2. The van der Waals surface area contributed by atoms with Crippen LogP contribution in [-0.4, -0.2) is 49.3 Å². The fraction of sp³-hybridized carbons (Fsp3) is 0.544. The van der Waals surface area contributed by atoms with Crippen molar-refractivity contribution in [3.05, 3.63) is 146 Å². The maximum atomic E-state index is 12.6. The van der Waals surface area contributed by atoms with Crippen molar-refractivity contribution in [2.24, 2.45) is 5.73 Å². The van der Waals surface area contributed by atoms with E-state index >= 15 is 0 Å². The number of carbonyl (C=O) groups excluding carboxylic acids is 2. The van der Waals surface area contributed by atoms with Crippen molar-refractivity contribution in [3.63, 3.8) is 0 Å². The van der Waals surface area contributed by atoms with Crippen LogP contribution in [0, 0.1) is 0 Å². The zero-order valence-corrected chi connectivity index (χ0v) is 42.5. The molecule has 0 saturated carbocycles. The minimum Gasteiger partial charge on any atom is -0.462 e. The molecule has 0 bridgehead atoms. The zero-order valence-electron chi connectivity index (χ0n) is 41.6. The number of rotatable bonds is 45. The number of phosphoric ester groups is 1. The molecule has 2 unspecified atom stereocenters. The van der Waals surface area contributed by atoms with Crippen molar-refractivity contribution in [1.82, 2.24) is 0 Å². The summed E-state index contributed by atoms with van der Waals surface area (Å²) in [5.74, 6) is -0.901. The van der Waals surface area contributed by atoms with Crippen LogP contribution in [0.5, 0.6) is 0 Å². The molecule has 0 aromatic heterocycles. The van der Waals surface area contributed by atoms with Gasteiger partial charge in [0.2, 0.25) is 0 Å². The molecule has 0 heterocycles. The van der Waals surface area contributed by atoms with Crippen LogP contribution in [-0.2, 0) is 32.7 Å². The Labute approximate surface area is 407 Å². The van der Waals surface area contributed by atoms with Gasteiger partial charge in [-0.3, -0.25) is 18.6 Å². The van der Waals surface area contributed by atoms with E-state index in [1.807, 2.05) is 0 Å². The Kier molecular flexibility index (Phi) is 48.1. The molecule has 376 valence electrons. The highest BCUT2D eigenvalue weighted by atomic mass is 31.2. The molecule has 0 aromatic rings. The van der Waals surface area contributed by atoms with Crippen molar-refractivity contribution in [2.45, 2.75) is 174 Å². The van der Waals surface area contributed by atoms with Gasteiger partial charge in [-0.05, 0) is 103 Å². The normalized spacial score (nSPS) is 14.4. The van der Waals surface area contributed by atoms with Gasteiger partial charge in [0.25, 0.3) is 0 Å². The molecular formula is C57H90NO8P. The first-order valence-corrected chi connectivity index (χ1v) is 26.8. The van der Waals surface area contributed by atoms with Crippen LogP contribution in [0.1, 0.15) is 168 Å². The second kappa shape index (κ2) is 51.3. The topological polar surface area (TPSA) is 134 Å². The van der Waals surface area contributed by atoms with Crippen LogP contribution in [0.2, 0.25) is 0 Å². The number of allylic oxidation sites excluding steroid dienone is 24. The van der Waals surface area contributed by atoms with Crippen molar-refractivity contribution in [3.8, 4) is 0 Å². The number of hydrogen-bond donors (Lipinski definition) is 2. The fourth-order valence-corrected chi connectivity index (χ4v) is 6.79. The molecule has 3 N–H and O–H groups in total. The summed E-state index contributed by atoms with van der Waals surface area (Å²) in [7, 11) is -4.39.